The summed E-state index contributed by atoms with van der Waals surface area (Å²) in [4.78, 5) is 41.0. The van der Waals surface area contributed by atoms with Crippen LogP contribution >= 0.6 is 0 Å². The van der Waals surface area contributed by atoms with Crippen LogP contribution in [-0.2, 0) is 35.5 Å². The van der Waals surface area contributed by atoms with E-state index in [4.69, 9.17) is 4.74 Å². The molecule has 7 heteroatoms. The third kappa shape index (κ3) is 7.79. The second-order valence-corrected chi connectivity index (χ2v) is 10.9. The number of hydrogen-bond acceptors (Lipinski definition) is 5. The Hall–Kier alpha value is -2.93. The number of aromatic nitrogens is 1. The normalized spacial score (nSPS) is 16.4. The predicted octanol–water partition coefficient (Wildman–Crippen LogP) is 4.49. The molecular formula is C31H43N3O4. The molecule has 2 aromatic rings. The van der Waals surface area contributed by atoms with Gasteiger partial charge in [-0.05, 0) is 61.6 Å². The van der Waals surface area contributed by atoms with Crippen LogP contribution in [0.15, 0.2) is 41.2 Å². The fourth-order valence-electron chi connectivity index (χ4n) is 5.94. The maximum Gasteiger partial charge on any atom is 0.319 e. The summed E-state index contributed by atoms with van der Waals surface area (Å²) in [6, 6.07) is 11.8. The summed E-state index contributed by atoms with van der Waals surface area (Å²) >= 11 is 0. The van der Waals surface area contributed by atoms with E-state index in [0.717, 1.165) is 56.3 Å². The van der Waals surface area contributed by atoms with Gasteiger partial charge in [0.25, 0.3) is 11.5 Å². The van der Waals surface area contributed by atoms with Crippen LogP contribution in [0.5, 0.6) is 0 Å². The van der Waals surface area contributed by atoms with Gasteiger partial charge >= 0.3 is 5.97 Å². The molecule has 1 aromatic heterocycles. The highest BCUT2D eigenvalue weighted by atomic mass is 16.5. The number of fused-ring (bicyclic) bond motifs is 1. The van der Waals surface area contributed by atoms with Gasteiger partial charge in [0.15, 0.2) is 0 Å². The topological polar surface area (TPSA) is 80.6 Å². The minimum atomic E-state index is -0.324. The van der Waals surface area contributed by atoms with E-state index in [2.05, 4.69) is 5.32 Å². The van der Waals surface area contributed by atoms with E-state index in [0.29, 0.717) is 25.6 Å². The lowest BCUT2D eigenvalue weighted by Gasteiger charge is -2.26. The molecule has 1 fully saturated rings. The molecule has 1 N–H and O–H groups in total. The molecule has 1 amide bonds. The zero-order valence-electron chi connectivity index (χ0n) is 22.9. The fraction of sp³-hybridized carbons (Fsp3) is 0.581. The number of carbonyl (C=O) groups is 2. The van der Waals surface area contributed by atoms with Crippen LogP contribution in [0.3, 0.4) is 0 Å². The molecule has 0 unspecified atom stereocenters. The number of nitrogens with zero attached hydrogens (tertiary/aromatic N) is 2. The highest BCUT2D eigenvalue weighted by Gasteiger charge is 2.23. The first kappa shape index (κ1) is 28.1. The molecule has 0 atom stereocenters. The number of methoxy groups -OCH3 is 1. The van der Waals surface area contributed by atoms with Gasteiger partial charge in [-0.1, -0.05) is 62.4 Å². The fourth-order valence-corrected chi connectivity index (χ4v) is 5.94. The Balaban J connectivity index is 1.49. The number of esters is 1. The van der Waals surface area contributed by atoms with Gasteiger partial charge in [0.1, 0.15) is 5.56 Å². The van der Waals surface area contributed by atoms with E-state index in [1.807, 2.05) is 45.9 Å². The SMILES string of the molecule is COC(=O)CN(CCNC(=O)c1cc2c(n(CC3CCCCC3)c1=O)CCCCCC2)Cc1ccccc1. The van der Waals surface area contributed by atoms with Gasteiger partial charge in [0.05, 0.1) is 13.7 Å². The molecule has 0 spiro atoms. The molecule has 7 nitrogen and oxygen atoms in total. The molecule has 0 saturated heterocycles. The molecule has 2 aliphatic rings. The molecular weight excluding hydrogens is 478 g/mol. The van der Waals surface area contributed by atoms with Crippen LogP contribution < -0.4 is 10.9 Å². The van der Waals surface area contributed by atoms with Crippen molar-refractivity contribution in [1.29, 1.82) is 0 Å². The Morgan fingerprint density at radius 2 is 1.71 bits per heavy atom. The van der Waals surface area contributed by atoms with E-state index >= 15 is 0 Å². The zero-order valence-corrected chi connectivity index (χ0v) is 22.9. The molecule has 0 radical (unpaired) electrons. The minimum Gasteiger partial charge on any atom is -0.468 e. The molecule has 1 aromatic carbocycles. The first-order valence-corrected chi connectivity index (χ1v) is 14.4. The average Bonchev–Trinajstić information content (AvgIpc) is 2.92. The Bertz CT molecular complexity index is 1120. The summed E-state index contributed by atoms with van der Waals surface area (Å²) in [5.41, 5.74) is 3.51. The Labute approximate surface area is 226 Å². The lowest BCUT2D eigenvalue weighted by Crippen LogP contribution is -2.40. The Morgan fingerprint density at radius 3 is 2.45 bits per heavy atom. The quantitative estimate of drug-likeness (QED) is 0.466. The van der Waals surface area contributed by atoms with Crippen molar-refractivity contribution in [3.05, 3.63) is 69.1 Å². The summed E-state index contributed by atoms with van der Waals surface area (Å²) in [5, 5.41) is 2.97. The van der Waals surface area contributed by atoms with Gasteiger partial charge in [-0.3, -0.25) is 19.3 Å². The van der Waals surface area contributed by atoms with Crippen LogP contribution in [0.4, 0.5) is 0 Å². The van der Waals surface area contributed by atoms with Crippen LogP contribution in [0.2, 0.25) is 0 Å². The van der Waals surface area contributed by atoms with Crippen molar-refractivity contribution < 1.29 is 14.3 Å². The number of hydrogen-bond donors (Lipinski definition) is 1. The average molecular weight is 522 g/mol. The number of carbonyl (C=O) groups excluding carboxylic acids is 2. The van der Waals surface area contributed by atoms with Crippen molar-refractivity contribution in [2.24, 2.45) is 5.92 Å². The van der Waals surface area contributed by atoms with Crippen LogP contribution in [-0.4, -0.2) is 48.1 Å². The standard InChI is InChI=1S/C31H43N3O4/c1-38-29(35)23-33(21-24-12-6-4-7-13-24)19-18-32-30(36)27-20-26-16-10-2-3-11-17-28(26)34(31(27)37)22-25-14-8-5-9-15-25/h4,6-7,12-13,20,25H,2-3,5,8-11,14-19,21-23H2,1H3,(H,32,36). The number of ether oxygens (including phenoxy) is 1. The van der Waals surface area contributed by atoms with Crippen LogP contribution in [0, 0.1) is 5.92 Å². The zero-order chi connectivity index (χ0) is 26.7. The highest BCUT2D eigenvalue weighted by molar-refractivity contribution is 5.94. The van der Waals surface area contributed by atoms with Crippen molar-refractivity contribution in [2.75, 3.05) is 26.7 Å². The summed E-state index contributed by atoms with van der Waals surface area (Å²) in [6.07, 6.45) is 12.5. The third-order valence-corrected chi connectivity index (χ3v) is 8.05. The predicted molar refractivity (Wildman–Crippen MR) is 149 cm³/mol. The molecule has 4 rings (SSSR count). The van der Waals surface area contributed by atoms with Crippen LogP contribution in [0.25, 0.3) is 0 Å². The van der Waals surface area contributed by atoms with Gasteiger partial charge in [0, 0.05) is 31.9 Å². The minimum absolute atomic E-state index is 0.133. The van der Waals surface area contributed by atoms with Crippen molar-refractivity contribution in [3.63, 3.8) is 0 Å². The summed E-state index contributed by atoms with van der Waals surface area (Å²) in [7, 11) is 1.38. The van der Waals surface area contributed by atoms with Gasteiger partial charge < -0.3 is 14.6 Å². The second kappa shape index (κ2) is 14.3. The number of benzene rings is 1. The van der Waals surface area contributed by atoms with Crippen molar-refractivity contribution in [3.8, 4) is 0 Å². The number of rotatable bonds is 10. The molecule has 1 heterocycles. The maximum absolute atomic E-state index is 13.7. The summed E-state index contributed by atoms with van der Waals surface area (Å²) < 4.78 is 6.83. The molecule has 206 valence electrons. The molecule has 1 saturated carbocycles. The first-order valence-electron chi connectivity index (χ1n) is 14.4. The number of aryl methyl sites for hydroxylation is 1. The van der Waals surface area contributed by atoms with Crippen molar-refractivity contribution >= 4 is 11.9 Å². The van der Waals surface area contributed by atoms with Crippen molar-refractivity contribution in [1.82, 2.24) is 14.8 Å². The molecule has 0 bridgehead atoms. The lowest BCUT2D eigenvalue weighted by molar-refractivity contribution is -0.142. The number of pyridine rings is 1. The Morgan fingerprint density at radius 1 is 1.00 bits per heavy atom. The van der Waals surface area contributed by atoms with E-state index < -0.39 is 0 Å². The smallest absolute Gasteiger partial charge is 0.319 e. The van der Waals surface area contributed by atoms with E-state index in [1.54, 1.807) is 0 Å². The van der Waals surface area contributed by atoms with E-state index in [1.165, 1.54) is 44.8 Å². The summed E-state index contributed by atoms with van der Waals surface area (Å²) in [6.45, 7) is 2.23. The third-order valence-electron chi connectivity index (χ3n) is 8.05. The lowest BCUT2D eigenvalue weighted by atomic mass is 9.88. The number of amides is 1. The van der Waals surface area contributed by atoms with Crippen molar-refractivity contribution in [2.45, 2.75) is 83.7 Å². The second-order valence-electron chi connectivity index (χ2n) is 10.9. The molecule has 0 aliphatic heterocycles. The maximum atomic E-state index is 13.7. The van der Waals surface area contributed by atoms with Gasteiger partial charge in [-0.2, -0.15) is 0 Å². The van der Waals surface area contributed by atoms with Gasteiger partial charge in [-0.25, -0.2) is 0 Å². The van der Waals surface area contributed by atoms with Gasteiger partial charge in [0.2, 0.25) is 0 Å². The Kier molecular flexibility index (Phi) is 10.6. The highest BCUT2D eigenvalue weighted by Crippen LogP contribution is 2.27. The van der Waals surface area contributed by atoms with E-state index in [9.17, 15) is 14.4 Å². The van der Waals surface area contributed by atoms with Crippen LogP contribution in [0.1, 0.15) is 85.0 Å². The molecule has 2 aliphatic carbocycles. The van der Waals surface area contributed by atoms with Gasteiger partial charge in [-0.15, -0.1) is 0 Å². The summed E-state index contributed by atoms with van der Waals surface area (Å²) in [5.74, 6) is -0.131. The first-order chi connectivity index (χ1) is 18.5. The van der Waals surface area contributed by atoms with E-state index in [-0.39, 0.29) is 29.5 Å². The largest absolute Gasteiger partial charge is 0.468 e. The molecule has 38 heavy (non-hydrogen) atoms. The monoisotopic (exact) mass is 521 g/mol. The number of nitrogens with one attached hydrogen (secondary N) is 1.